The molecule has 0 unspecified atom stereocenters. The number of piperidine rings is 1. The molecule has 22 heavy (non-hydrogen) atoms. The fourth-order valence-electron chi connectivity index (χ4n) is 2.88. The number of nitrogens with zero attached hydrogens (tertiary/aromatic N) is 5. The molecule has 0 amide bonds. The minimum absolute atomic E-state index is 0.409. The summed E-state index contributed by atoms with van der Waals surface area (Å²) in [5, 5.41) is 19.9. The van der Waals surface area contributed by atoms with Crippen molar-refractivity contribution in [3.8, 4) is 0 Å². The van der Waals surface area contributed by atoms with Crippen LogP contribution in [-0.2, 0) is 6.54 Å². The first-order valence-electron chi connectivity index (χ1n) is 7.97. The lowest BCUT2D eigenvalue weighted by molar-refractivity contribution is 0.378. The van der Waals surface area contributed by atoms with Crippen LogP contribution < -0.4 is 10.2 Å². The normalized spacial score (nSPS) is 22.0. The Kier molecular flexibility index (Phi) is 3.72. The van der Waals surface area contributed by atoms with Crippen molar-refractivity contribution >= 4 is 5.82 Å². The Balaban J connectivity index is 1.32. The Hall–Kier alpha value is -2.02. The van der Waals surface area contributed by atoms with Gasteiger partial charge in [0.05, 0.1) is 6.54 Å². The lowest BCUT2D eigenvalue weighted by Crippen LogP contribution is -2.45. The smallest absolute Gasteiger partial charge is 0.230 e. The van der Waals surface area contributed by atoms with E-state index in [0.29, 0.717) is 24.4 Å². The molecule has 116 valence electrons. The van der Waals surface area contributed by atoms with Crippen molar-refractivity contribution in [2.45, 2.75) is 44.2 Å². The highest BCUT2D eigenvalue weighted by atomic mass is 16.4. The summed E-state index contributed by atoms with van der Waals surface area (Å²) >= 11 is 0. The maximum Gasteiger partial charge on any atom is 0.230 e. The maximum absolute atomic E-state index is 5.69. The van der Waals surface area contributed by atoms with Crippen molar-refractivity contribution in [2.24, 2.45) is 0 Å². The van der Waals surface area contributed by atoms with E-state index >= 15 is 0 Å². The Bertz CT molecular complexity index is 612. The molecule has 1 aliphatic heterocycles. The van der Waals surface area contributed by atoms with E-state index in [2.05, 4.69) is 30.6 Å². The van der Waals surface area contributed by atoms with E-state index in [-0.39, 0.29) is 0 Å². The molecule has 4 rings (SSSR count). The van der Waals surface area contributed by atoms with Gasteiger partial charge in [-0.15, -0.1) is 15.3 Å². The summed E-state index contributed by atoms with van der Waals surface area (Å²) in [6.45, 7) is 2.60. The van der Waals surface area contributed by atoms with Crippen LogP contribution in [0.4, 0.5) is 5.82 Å². The first-order chi connectivity index (χ1) is 10.9. The largest absolute Gasteiger partial charge is 0.424 e. The molecule has 1 atom stereocenters. The summed E-state index contributed by atoms with van der Waals surface area (Å²) < 4.78 is 5.69. The van der Waals surface area contributed by atoms with E-state index in [9.17, 15) is 0 Å². The molecular formula is C15H20N6O. The van der Waals surface area contributed by atoms with E-state index in [1.54, 1.807) is 6.20 Å². The summed E-state index contributed by atoms with van der Waals surface area (Å²) in [7, 11) is 0. The molecule has 2 aliphatic rings. The summed E-state index contributed by atoms with van der Waals surface area (Å²) in [4.78, 5) is 2.28. The van der Waals surface area contributed by atoms with Crippen LogP contribution in [0.2, 0.25) is 0 Å². The zero-order chi connectivity index (χ0) is 14.8. The molecule has 0 radical (unpaired) electrons. The first-order valence-corrected chi connectivity index (χ1v) is 7.97. The number of rotatable bonds is 5. The molecule has 1 N–H and O–H groups in total. The molecule has 0 spiro atoms. The second-order valence-electron chi connectivity index (χ2n) is 6.06. The first kappa shape index (κ1) is 13.6. The molecule has 7 nitrogen and oxygen atoms in total. The lowest BCUT2D eigenvalue weighted by atomic mass is 10.1. The third-order valence-corrected chi connectivity index (χ3v) is 4.25. The van der Waals surface area contributed by atoms with Gasteiger partial charge < -0.3 is 14.6 Å². The highest BCUT2D eigenvalue weighted by Crippen LogP contribution is 2.38. The van der Waals surface area contributed by atoms with Crippen LogP contribution in [0.1, 0.15) is 43.4 Å². The van der Waals surface area contributed by atoms with Gasteiger partial charge in [-0.25, -0.2) is 0 Å². The van der Waals surface area contributed by atoms with Crippen molar-refractivity contribution in [3.05, 3.63) is 30.1 Å². The van der Waals surface area contributed by atoms with Crippen LogP contribution in [0.5, 0.6) is 0 Å². The lowest BCUT2D eigenvalue weighted by Gasteiger charge is -2.33. The van der Waals surface area contributed by atoms with Gasteiger partial charge in [0.2, 0.25) is 11.8 Å². The number of anilines is 1. The average Bonchev–Trinajstić information content (AvgIpc) is 3.33. The molecule has 0 aromatic carbocycles. The van der Waals surface area contributed by atoms with E-state index in [0.717, 1.165) is 37.6 Å². The van der Waals surface area contributed by atoms with Crippen molar-refractivity contribution in [1.29, 1.82) is 0 Å². The number of aromatic nitrogens is 4. The molecule has 7 heteroatoms. The minimum Gasteiger partial charge on any atom is -0.424 e. The third-order valence-electron chi connectivity index (χ3n) is 4.25. The number of hydrogen-bond acceptors (Lipinski definition) is 7. The predicted octanol–water partition coefficient (Wildman–Crippen LogP) is 1.50. The van der Waals surface area contributed by atoms with E-state index in [1.807, 2.05) is 12.1 Å². The fourth-order valence-corrected chi connectivity index (χ4v) is 2.88. The summed E-state index contributed by atoms with van der Waals surface area (Å²) in [6, 6.07) is 4.35. The fraction of sp³-hybridized carbons (Fsp3) is 0.600. The molecule has 1 saturated carbocycles. The molecule has 2 aromatic heterocycles. The highest BCUT2D eigenvalue weighted by Gasteiger charge is 2.29. The van der Waals surface area contributed by atoms with Gasteiger partial charge in [-0.1, -0.05) is 0 Å². The van der Waals surface area contributed by atoms with Crippen molar-refractivity contribution in [1.82, 2.24) is 25.7 Å². The quantitative estimate of drug-likeness (QED) is 0.896. The second-order valence-corrected chi connectivity index (χ2v) is 6.06. The molecule has 1 aliphatic carbocycles. The van der Waals surface area contributed by atoms with Crippen LogP contribution >= 0.6 is 0 Å². The van der Waals surface area contributed by atoms with Gasteiger partial charge in [0.25, 0.3) is 0 Å². The zero-order valence-electron chi connectivity index (χ0n) is 12.5. The van der Waals surface area contributed by atoms with Gasteiger partial charge in [0.1, 0.15) is 0 Å². The SMILES string of the molecule is c1cnnc(N2CCC[C@H](NCc3nnc(C4CC4)o3)C2)c1. The van der Waals surface area contributed by atoms with Crippen LogP contribution in [0.15, 0.2) is 22.7 Å². The van der Waals surface area contributed by atoms with E-state index < -0.39 is 0 Å². The van der Waals surface area contributed by atoms with Crippen LogP contribution in [0.25, 0.3) is 0 Å². The maximum atomic E-state index is 5.69. The van der Waals surface area contributed by atoms with Crippen molar-refractivity contribution in [2.75, 3.05) is 18.0 Å². The summed E-state index contributed by atoms with van der Waals surface area (Å²) in [5.41, 5.74) is 0. The zero-order valence-corrected chi connectivity index (χ0v) is 12.5. The third kappa shape index (κ3) is 3.09. The number of hydrogen-bond donors (Lipinski definition) is 1. The van der Waals surface area contributed by atoms with Crippen molar-refractivity contribution in [3.63, 3.8) is 0 Å². The van der Waals surface area contributed by atoms with Crippen LogP contribution in [-0.4, -0.2) is 39.5 Å². The topological polar surface area (TPSA) is 80.0 Å². The summed E-state index contributed by atoms with van der Waals surface area (Å²) in [6.07, 6.45) is 6.37. The highest BCUT2D eigenvalue weighted by molar-refractivity contribution is 5.37. The van der Waals surface area contributed by atoms with E-state index in [1.165, 1.54) is 12.8 Å². The Labute approximate surface area is 129 Å². The van der Waals surface area contributed by atoms with Gasteiger partial charge in [-0.2, -0.15) is 5.10 Å². The molecule has 2 aromatic rings. The Morgan fingerprint density at radius 3 is 3.00 bits per heavy atom. The van der Waals surface area contributed by atoms with Crippen LogP contribution in [0.3, 0.4) is 0 Å². The molecule has 2 fully saturated rings. The summed E-state index contributed by atoms with van der Waals surface area (Å²) in [5.74, 6) is 2.96. The number of nitrogens with one attached hydrogen (secondary N) is 1. The molecule has 3 heterocycles. The van der Waals surface area contributed by atoms with Gasteiger partial charge in [-0.05, 0) is 37.8 Å². The molecule has 1 saturated heterocycles. The molecule has 0 bridgehead atoms. The van der Waals surface area contributed by atoms with Gasteiger partial charge >= 0.3 is 0 Å². The van der Waals surface area contributed by atoms with E-state index in [4.69, 9.17) is 4.42 Å². The minimum atomic E-state index is 0.409. The van der Waals surface area contributed by atoms with Crippen molar-refractivity contribution < 1.29 is 4.42 Å². The van der Waals surface area contributed by atoms with Gasteiger partial charge in [0, 0.05) is 31.2 Å². The Morgan fingerprint density at radius 1 is 1.23 bits per heavy atom. The predicted molar refractivity (Wildman–Crippen MR) is 80.4 cm³/mol. The van der Waals surface area contributed by atoms with Crippen LogP contribution in [0, 0.1) is 0 Å². The second kappa shape index (κ2) is 6.00. The Morgan fingerprint density at radius 2 is 2.18 bits per heavy atom. The van der Waals surface area contributed by atoms with Gasteiger partial charge in [0.15, 0.2) is 5.82 Å². The monoisotopic (exact) mass is 300 g/mol. The van der Waals surface area contributed by atoms with Gasteiger partial charge in [-0.3, -0.25) is 0 Å². The molecular weight excluding hydrogens is 280 g/mol. The average molecular weight is 300 g/mol. The standard InChI is InChI=1S/C15H20N6O/c1-4-13(18-17-7-1)21-8-2-3-12(10-21)16-9-14-19-20-15(22-14)11-5-6-11/h1,4,7,11-12,16H,2-3,5-6,8-10H2/t12-/m0/s1.